The standard InChI is InChI=1S/C27H36N6O8/c1-5-17(3)23(27(39)40)31-21(34)15-33-13-9-11-19(26(33)38)30-24(36)18(10-7-8-12-22(35)41-6-2)29-25(37)20-14-28-16-32(20)4/h8-9,11-14,16-18,23H,5-7,10,15H2,1-4H3,(H,29,37)(H,30,36)(H,31,34)(H,39,40)/b12-8+/t17?,18?,23-/m0/s1. The van der Waals surface area contributed by atoms with E-state index in [1.807, 2.05) is 0 Å². The van der Waals surface area contributed by atoms with Gasteiger partial charge in [0.25, 0.3) is 11.5 Å². The van der Waals surface area contributed by atoms with Crippen molar-refractivity contribution in [2.24, 2.45) is 13.0 Å². The second kappa shape index (κ2) is 15.7. The number of ether oxygens (including phenoxy) is 1. The number of carbonyl (C=O) groups is 5. The van der Waals surface area contributed by atoms with Crippen LogP contribution in [0.1, 0.15) is 50.5 Å². The van der Waals surface area contributed by atoms with Gasteiger partial charge in [0.2, 0.25) is 11.8 Å². The molecule has 0 aliphatic rings. The Balaban J connectivity index is 2.18. The van der Waals surface area contributed by atoms with Crippen molar-refractivity contribution in [2.45, 2.75) is 58.7 Å². The van der Waals surface area contributed by atoms with Crippen LogP contribution in [0.25, 0.3) is 0 Å². The smallest absolute Gasteiger partial charge is 0.330 e. The number of hydrogen-bond donors (Lipinski definition) is 4. The van der Waals surface area contributed by atoms with Crippen molar-refractivity contribution in [3.63, 3.8) is 0 Å². The molecule has 0 aliphatic carbocycles. The highest BCUT2D eigenvalue weighted by Gasteiger charge is 2.26. The number of anilines is 1. The zero-order chi connectivity index (χ0) is 30.5. The van der Waals surface area contributed by atoms with Gasteiger partial charge in [0.1, 0.15) is 30.0 Å². The van der Waals surface area contributed by atoms with Crippen LogP contribution in [-0.2, 0) is 37.5 Å². The molecule has 4 N–H and O–H groups in total. The molecule has 14 heteroatoms. The van der Waals surface area contributed by atoms with Gasteiger partial charge in [-0.15, -0.1) is 0 Å². The molecular weight excluding hydrogens is 536 g/mol. The molecule has 0 aromatic carbocycles. The second-order valence-corrected chi connectivity index (χ2v) is 9.26. The molecule has 3 amide bonds. The summed E-state index contributed by atoms with van der Waals surface area (Å²) in [5.41, 5.74) is -0.649. The first kappa shape index (κ1) is 32.5. The highest BCUT2D eigenvalue weighted by atomic mass is 16.5. The van der Waals surface area contributed by atoms with Crippen LogP contribution in [0.2, 0.25) is 0 Å². The number of pyridine rings is 1. The number of carboxylic acids is 1. The molecule has 0 bridgehead atoms. The van der Waals surface area contributed by atoms with Crippen molar-refractivity contribution in [1.29, 1.82) is 0 Å². The number of carboxylic acid groups (broad SMARTS) is 1. The molecule has 0 aliphatic heterocycles. The van der Waals surface area contributed by atoms with Gasteiger partial charge in [-0.25, -0.2) is 14.6 Å². The lowest BCUT2D eigenvalue weighted by Crippen LogP contribution is -2.47. The minimum atomic E-state index is -1.18. The molecule has 222 valence electrons. The Labute approximate surface area is 236 Å². The SMILES string of the molecule is CCOC(=O)/C=C/CCC(NC(=O)c1cncn1C)C(=O)Nc1cccn(CC(=O)N[C@H](C(=O)O)C(C)CC)c1=O. The number of carbonyl (C=O) groups excluding carboxylic acids is 4. The van der Waals surface area contributed by atoms with E-state index in [1.54, 1.807) is 27.8 Å². The van der Waals surface area contributed by atoms with Gasteiger partial charge in [0.15, 0.2) is 0 Å². The summed E-state index contributed by atoms with van der Waals surface area (Å²) < 4.78 is 7.33. The zero-order valence-electron chi connectivity index (χ0n) is 23.5. The van der Waals surface area contributed by atoms with E-state index >= 15 is 0 Å². The van der Waals surface area contributed by atoms with Crippen molar-refractivity contribution < 1.29 is 33.8 Å². The number of nitrogens with zero attached hydrogens (tertiary/aromatic N) is 3. The lowest BCUT2D eigenvalue weighted by Gasteiger charge is -2.20. The molecular formula is C27H36N6O8. The lowest BCUT2D eigenvalue weighted by atomic mass is 9.99. The predicted octanol–water partition coefficient (Wildman–Crippen LogP) is 0.834. The van der Waals surface area contributed by atoms with Gasteiger partial charge in [-0.05, 0) is 37.8 Å². The number of imidazole rings is 1. The highest BCUT2D eigenvalue weighted by molar-refractivity contribution is 6.00. The zero-order valence-corrected chi connectivity index (χ0v) is 23.5. The number of amides is 3. The Hall–Kier alpha value is -4.75. The summed E-state index contributed by atoms with van der Waals surface area (Å²) >= 11 is 0. The fourth-order valence-corrected chi connectivity index (χ4v) is 3.74. The summed E-state index contributed by atoms with van der Waals surface area (Å²) in [5.74, 6) is -4.01. The van der Waals surface area contributed by atoms with Crippen LogP contribution in [0.15, 0.2) is 47.8 Å². The van der Waals surface area contributed by atoms with Gasteiger partial charge in [-0.1, -0.05) is 26.3 Å². The quantitative estimate of drug-likeness (QED) is 0.177. The van der Waals surface area contributed by atoms with Crippen molar-refractivity contribution in [3.05, 3.63) is 59.1 Å². The van der Waals surface area contributed by atoms with Crippen LogP contribution in [0.5, 0.6) is 0 Å². The maximum absolute atomic E-state index is 13.2. The Kier molecular flexibility index (Phi) is 12.5. The molecule has 3 atom stereocenters. The lowest BCUT2D eigenvalue weighted by molar-refractivity contribution is -0.143. The van der Waals surface area contributed by atoms with Crippen molar-refractivity contribution >= 4 is 35.3 Å². The van der Waals surface area contributed by atoms with E-state index in [9.17, 15) is 33.9 Å². The molecule has 2 heterocycles. The Morgan fingerprint density at radius 1 is 1.17 bits per heavy atom. The molecule has 0 spiro atoms. The van der Waals surface area contributed by atoms with E-state index in [0.717, 1.165) is 4.57 Å². The predicted molar refractivity (Wildman–Crippen MR) is 148 cm³/mol. The monoisotopic (exact) mass is 572 g/mol. The third-order valence-electron chi connectivity index (χ3n) is 6.22. The third-order valence-corrected chi connectivity index (χ3v) is 6.22. The number of aliphatic carboxylic acids is 1. The van der Waals surface area contributed by atoms with Gasteiger partial charge in [-0.3, -0.25) is 19.2 Å². The molecule has 0 saturated carbocycles. The van der Waals surface area contributed by atoms with E-state index in [2.05, 4.69) is 20.9 Å². The van der Waals surface area contributed by atoms with E-state index in [4.69, 9.17) is 4.74 Å². The number of esters is 1. The van der Waals surface area contributed by atoms with Gasteiger partial charge in [0.05, 0.1) is 19.1 Å². The molecule has 14 nitrogen and oxygen atoms in total. The Bertz CT molecular complexity index is 1330. The Morgan fingerprint density at radius 2 is 1.90 bits per heavy atom. The molecule has 0 saturated heterocycles. The van der Waals surface area contributed by atoms with E-state index < -0.39 is 53.8 Å². The summed E-state index contributed by atoms with van der Waals surface area (Å²) in [6.45, 7) is 4.90. The van der Waals surface area contributed by atoms with Crippen LogP contribution in [0, 0.1) is 5.92 Å². The number of aryl methyl sites for hydroxylation is 1. The van der Waals surface area contributed by atoms with Crippen LogP contribution in [0.3, 0.4) is 0 Å². The molecule has 2 unspecified atom stereocenters. The summed E-state index contributed by atoms with van der Waals surface area (Å²) in [6.07, 6.45) is 7.65. The van der Waals surface area contributed by atoms with Crippen LogP contribution in [0.4, 0.5) is 5.69 Å². The first-order valence-corrected chi connectivity index (χ1v) is 13.1. The molecule has 2 aromatic rings. The third kappa shape index (κ3) is 9.74. The minimum Gasteiger partial charge on any atom is -0.480 e. The molecule has 2 rings (SSSR count). The summed E-state index contributed by atoms with van der Waals surface area (Å²) in [5, 5.41) is 17.0. The molecule has 0 radical (unpaired) electrons. The number of allylic oxidation sites excluding steroid dienone is 1. The largest absolute Gasteiger partial charge is 0.480 e. The maximum atomic E-state index is 13.2. The van der Waals surface area contributed by atoms with E-state index in [-0.39, 0.29) is 36.7 Å². The molecule has 2 aromatic heterocycles. The number of nitrogens with one attached hydrogen (secondary N) is 3. The number of aromatic nitrogens is 3. The van der Waals surface area contributed by atoms with E-state index in [1.165, 1.54) is 47.6 Å². The maximum Gasteiger partial charge on any atom is 0.330 e. The summed E-state index contributed by atoms with van der Waals surface area (Å²) in [7, 11) is 1.61. The first-order valence-electron chi connectivity index (χ1n) is 13.1. The molecule has 41 heavy (non-hydrogen) atoms. The summed E-state index contributed by atoms with van der Waals surface area (Å²) in [6, 6.07) is 0.563. The fourth-order valence-electron chi connectivity index (χ4n) is 3.74. The van der Waals surface area contributed by atoms with Crippen molar-refractivity contribution in [1.82, 2.24) is 24.8 Å². The second-order valence-electron chi connectivity index (χ2n) is 9.26. The van der Waals surface area contributed by atoms with Crippen LogP contribution >= 0.6 is 0 Å². The van der Waals surface area contributed by atoms with E-state index in [0.29, 0.717) is 6.42 Å². The topological polar surface area (TPSA) is 191 Å². The Morgan fingerprint density at radius 3 is 2.51 bits per heavy atom. The van der Waals surface area contributed by atoms with Gasteiger partial charge in [0, 0.05) is 19.3 Å². The molecule has 0 fully saturated rings. The van der Waals surface area contributed by atoms with Crippen molar-refractivity contribution in [2.75, 3.05) is 11.9 Å². The van der Waals surface area contributed by atoms with Gasteiger partial charge in [-0.2, -0.15) is 0 Å². The first-order chi connectivity index (χ1) is 19.5. The van der Waals surface area contributed by atoms with Gasteiger partial charge >= 0.3 is 11.9 Å². The van der Waals surface area contributed by atoms with Crippen molar-refractivity contribution in [3.8, 4) is 0 Å². The summed E-state index contributed by atoms with van der Waals surface area (Å²) in [4.78, 5) is 78.5. The average molecular weight is 573 g/mol. The van der Waals surface area contributed by atoms with Gasteiger partial charge < -0.3 is 34.9 Å². The minimum absolute atomic E-state index is 0.0843. The average Bonchev–Trinajstić information content (AvgIpc) is 3.36. The van der Waals surface area contributed by atoms with Crippen LogP contribution in [-0.4, -0.2) is 67.6 Å². The van der Waals surface area contributed by atoms with Crippen LogP contribution < -0.4 is 21.5 Å². The normalized spacial score (nSPS) is 13.2. The number of hydrogen-bond acceptors (Lipinski definition) is 8. The number of rotatable bonds is 15. The highest BCUT2D eigenvalue weighted by Crippen LogP contribution is 2.09. The fraction of sp³-hybridized carbons (Fsp3) is 0.444.